The minimum absolute atomic E-state index is 0.109. The molecular formula is C15H11Cl3N2O3. The predicted molar refractivity (Wildman–Crippen MR) is 91.2 cm³/mol. The number of nitrogens with one attached hydrogen (secondary N) is 1. The predicted octanol–water partition coefficient (Wildman–Crippen LogP) is 4.12. The van der Waals surface area contributed by atoms with Crippen LogP contribution in [-0.4, -0.2) is 24.3 Å². The van der Waals surface area contributed by atoms with E-state index < -0.39 is 5.91 Å². The maximum absolute atomic E-state index is 12.0. The Balaban J connectivity index is 2.12. The summed E-state index contributed by atoms with van der Waals surface area (Å²) < 4.78 is 4.98. The number of methoxy groups -OCH3 is 1. The molecule has 2 N–H and O–H groups in total. The van der Waals surface area contributed by atoms with Crippen molar-refractivity contribution in [3.8, 4) is 11.5 Å². The number of rotatable bonds is 4. The number of amides is 1. The molecule has 2 aromatic rings. The van der Waals surface area contributed by atoms with Gasteiger partial charge in [0.25, 0.3) is 5.91 Å². The monoisotopic (exact) mass is 372 g/mol. The van der Waals surface area contributed by atoms with Crippen molar-refractivity contribution < 1.29 is 14.6 Å². The van der Waals surface area contributed by atoms with Crippen LogP contribution >= 0.6 is 34.8 Å². The summed E-state index contributed by atoms with van der Waals surface area (Å²) in [6.45, 7) is 0. The third-order valence-electron chi connectivity index (χ3n) is 2.83. The smallest absolute Gasteiger partial charge is 0.272 e. The van der Waals surface area contributed by atoms with Crippen molar-refractivity contribution in [1.29, 1.82) is 0 Å². The van der Waals surface area contributed by atoms with Crippen LogP contribution in [-0.2, 0) is 0 Å². The van der Waals surface area contributed by atoms with E-state index in [4.69, 9.17) is 39.5 Å². The average Bonchev–Trinajstić information content (AvgIpc) is 2.50. The largest absolute Gasteiger partial charge is 0.503 e. The third-order valence-corrected chi connectivity index (χ3v) is 3.66. The molecule has 0 aliphatic rings. The Morgan fingerprint density at radius 3 is 2.61 bits per heavy atom. The molecule has 0 aliphatic heterocycles. The van der Waals surface area contributed by atoms with E-state index in [0.717, 1.165) is 0 Å². The standard InChI is InChI=1S/C15H11Cl3N2O3/c1-23-13-5-8(4-12(18)14(13)21)7-19-20-15(22)10-3-2-9(16)6-11(10)17/h2-7,21H,1H3,(H,20,22)/b19-7-. The molecule has 1 amide bonds. The maximum Gasteiger partial charge on any atom is 0.272 e. The lowest BCUT2D eigenvalue weighted by molar-refractivity contribution is 0.0955. The second-order valence-corrected chi connectivity index (χ2v) is 5.63. The minimum atomic E-state index is -0.486. The Bertz CT molecular complexity index is 779. The molecule has 0 atom stereocenters. The van der Waals surface area contributed by atoms with Crippen molar-refractivity contribution >= 4 is 46.9 Å². The van der Waals surface area contributed by atoms with Crippen LogP contribution in [0.5, 0.6) is 11.5 Å². The van der Waals surface area contributed by atoms with Gasteiger partial charge >= 0.3 is 0 Å². The molecule has 0 saturated heterocycles. The number of carbonyl (C=O) groups is 1. The van der Waals surface area contributed by atoms with Gasteiger partial charge in [0.1, 0.15) is 0 Å². The van der Waals surface area contributed by atoms with E-state index in [1.165, 1.54) is 37.6 Å². The number of hydrazone groups is 1. The van der Waals surface area contributed by atoms with Crippen molar-refractivity contribution in [3.05, 3.63) is 56.5 Å². The van der Waals surface area contributed by atoms with Crippen LogP contribution in [0.2, 0.25) is 15.1 Å². The molecule has 23 heavy (non-hydrogen) atoms. The molecule has 0 saturated carbocycles. The van der Waals surface area contributed by atoms with Crippen LogP contribution in [0.4, 0.5) is 0 Å². The second-order valence-electron chi connectivity index (χ2n) is 4.38. The summed E-state index contributed by atoms with van der Waals surface area (Å²) in [5, 5.41) is 14.2. The number of benzene rings is 2. The normalized spacial score (nSPS) is 10.8. The van der Waals surface area contributed by atoms with E-state index in [9.17, 15) is 9.90 Å². The highest BCUT2D eigenvalue weighted by Gasteiger charge is 2.10. The molecule has 0 spiro atoms. The van der Waals surface area contributed by atoms with Crippen molar-refractivity contribution in [2.45, 2.75) is 0 Å². The molecule has 0 radical (unpaired) electrons. The van der Waals surface area contributed by atoms with Gasteiger partial charge in [-0.25, -0.2) is 5.43 Å². The summed E-state index contributed by atoms with van der Waals surface area (Å²) >= 11 is 17.6. The van der Waals surface area contributed by atoms with Crippen molar-refractivity contribution in [2.75, 3.05) is 7.11 Å². The number of nitrogens with zero attached hydrogens (tertiary/aromatic N) is 1. The number of hydrogen-bond donors (Lipinski definition) is 2. The lowest BCUT2D eigenvalue weighted by Crippen LogP contribution is -2.18. The Hall–Kier alpha value is -1.95. The number of aromatic hydroxyl groups is 1. The SMILES string of the molecule is COc1cc(/C=N\NC(=O)c2ccc(Cl)cc2Cl)cc(Cl)c1O. The third kappa shape index (κ3) is 4.28. The van der Waals surface area contributed by atoms with Crippen LogP contribution in [0.1, 0.15) is 15.9 Å². The molecule has 0 unspecified atom stereocenters. The van der Waals surface area contributed by atoms with Gasteiger partial charge in [0, 0.05) is 5.02 Å². The number of hydrogen-bond acceptors (Lipinski definition) is 4. The molecule has 0 aromatic heterocycles. The van der Waals surface area contributed by atoms with E-state index in [-0.39, 0.29) is 27.1 Å². The van der Waals surface area contributed by atoms with E-state index in [0.29, 0.717) is 10.6 Å². The zero-order valence-electron chi connectivity index (χ0n) is 11.8. The summed E-state index contributed by atoms with van der Waals surface area (Å²) in [5.41, 5.74) is 3.12. The van der Waals surface area contributed by atoms with Gasteiger partial charge in [0.15, 0.2) is 11.5 Å². The summed E-state index contributed by atoms with van der Waals surface area (Å²) in [6, 6.07) is 7.51. The fraction of sp³-hybridized carbons (Fsp3) is 0.0667. The van der Waals surface area contributed by atoms with Gasteiger partial charge in [-0.3, -0.25) is 4.79 Å². The number of carbonyl (C=O) groups excluding carboxylic acids is 1. The Morgan fingerprint density at radius 1 is 1.22 bits per heavy atom. The topological polar surface area (TPSA) is 70.9 Å². The molecule has 0 heterocycles. The highest BCUT2D eigenvalue weighted by molar-refractivity contribution is 6.36. The van der Waals surface area contributed by atoms with Gasteiger partial charge in [0.05, 0.1) is 28.9 Å². The second kappa shape index (κ2) is 7.55. The maximum atomic E-state index is 12.0. The minimum Gasteiger partial charge on any atom is -0.503 e. The van der Waals surface area contributed by atoms with Gasteiger partial charge in [-0.05, 0) is 35.9 Å². The van der Waals surface area contributed by atoms with Crippen molar-refractivity contribution in [2.24, 2.45) is 5.10 Å². The summed E-state index contributed by atoms with van der Waals surface area (Å²) in [7, 11) is 1.40. The quantitative estimate of drug-likeness (QED) is 0.625. The molecule has 0 bridgehead atoms. The molecule has 5 nitrogen and oxygen atoms in total. The van der Waals surface area contributed by atoms with E-state index in [2.05, 4.69) is 10.5 Å². The highest BCUT2D eigenvalue weighted by Crippen LogP contribution is 2.34. The molecule has 0 fully saturated rings. The molecule has 2 aromatic carbocycles. The van der Waals surface area contributed by atoms with Crippen LogP contribution < -0.4 is 10.2 Å². The fourth-order valence-electron chi connectivity index (χ4n) is 1.72. The Morgan fingerprint density at radius 2 is 1.96 bits per heavy atom. The first-order valence-corrected chi connectivity index (χ1v) is 7.40. The van der Waals surface area contributed by atoms with Crippen molar-refractivity contribution in [3.63, 3.8) is 0 Å². The first-order valence-electron chi connectivity index (χ1n) is 6.27. The van der Waals surface area contributed by atoms with Crippen LogP contribution in [0.15, 0.2) is 35.4 Å². The lowest BCUT2D eigenvalue weighted by Gasteiger charge is -2.06. The first-order chi connectivity index (χ1) is 10.9. The molecule has 0 aliphatic carbocycles. The van der Waals surface area contributed by atoms with E-state index in [1.54, 1.807) is 6.07 Å². The summed E-state index contributed by atoms with van der Waals surface area (Å²) in [6.07, 6.45) is 1.36. The summed E-state index contributed by atoms with van der Waals surface area (Å²) in [5.74, 6) is -0.450. The van der Waals surface area contributed by atoms with Crippen LogP contribution in [0.3, 0.4) is 0 Å². The number of halogens is 3. The zero-order valence-corrected chi connectivity index (χ0v) is 14.1. The van der Waals surface area contributed by atoms with Gasteiger partial charge in [0.2, 0.25) is 0 Å². The fourth-order valence-corrected chi connectivity index (χ4v) is 2.44. The lowest BCUT2D eigenvalue weighted by atomic mass is 10.2. The van der Waals surface area contributed by atoms with Gasteiger partial charge in [-0.2, -0.15) is 5.10 Å². The number of ether oxygens (including phenoxy) is 1. The van der Waals surface area contributed by atoms with E-state index in [1.807, 2.05) is 0 Å². The first kappa shape index (κ1) is 17.4. The molecule has 2 rings (SSSR count). The van der Waals surface area contributed by atoms with Gasteiger partial charge < -0.3 is 9.84 Å². The van der Waals surface area contributed by atoms with Gasteiger partial charge in [-0.15, -0.1) is 0 Å². The van der Waals surface area contributed by atoms with E-state index >= 15 is 0 Å². The zero-order chi connectivity index (χ0) is 17.0. The molecular weight excluding hydrogens is 363 g/mol. The van der Waals surface area contributed by atoms with Crippen molar-refractivity contribution in [1.82, 2.24) is 5.43 Å². The van der Waals surface area contributed by atoms with Gasteiger partial charge in [-0.1, -0.05) is 34.8 Å². The number of phenolic OH excluding ortho intramolecular Hbond substituents is 1. The Labute approximate surface area is 147 Å². The molecule has 120 valence electrons. The Kier molecular flexibility index (Phi) is 5.71. The average molecular weight is 374 g/mol. The van der Waals surface area contributed by atoms with Crippen LogP contribution in [0.25, 0.3) is 0 Å². The molecule has 8 heteroatoms. The number of phenols is 1. The summed E-state index contributed by atoms with van der Waals surface area (Å²) in [4.78, 5) is 12.0. The highest BCUT2D eigenvalue weighted by atomic mass is 35.5. The van der Waals surface area contributed by atoms with Crippen LogP contribution in [0, 0.1) is 0 Å².